The smallest absolute Gasteiger partial charge is 0.0992 e. The molecular weight excluding hydrogens is 300 g/mol. The van der Waals surface area contributed by atoms with Crippen molar-refractivity contribution in [2.24, 2.45) is 0 Å². The Kier molecular flexibility index (Phi) is 4.24. The zero-order valence-corrected chi connectivity index (χ0v) is 12.5. The van der Waals surface area contributed by atoms with E-state index >= 15 is 0 Å². The van der Waals surface area contributed by atoms with Gasteiger partial charge in [-0.15, -0.1) is 0 Å². The van der Waals surface area contributed by atoms with Crippen LogP contribution in [0.25, 0.3) is 0 Å². The van der Waals surface area contributed by atoms with Crippen LogP contribution in [0.5, 0.6) is 0 Å². The van der Waals surface area contributed by atoms with E-state index in [1.54, 1.807) is 0 Å². The van der Waals surface area contributed by atoms with Gasteiger partial charge in [0, 0.05) is 10.2 Å². The van der Waals surface area contributed by atoms with Crippen molar-refractivity contribution in [1.82, 2.24) is 0 Å². The van der Waals surface area contributed by atoms with E-state index in [0.717, 1.165) is 15.8 Å². The summed E-state index contributed by atoms with van der Waals surface area (Å²) in [5.74, 6) is 0.459. The van der Waals surface area contributed by atoms with Crippen molar-refractivity contribution >= 4 is 27.3 Å². The number of nitriles is 1. The summed E-state index contributed by atoms with van der Waals surface area (Å²) in [5, 5.41) is 12.3. The molecule has 1 N–H and O–H groups in total. The molecule has 0 heterocycles. The number of hydrogen-bond donors (Lipinski definition) is 1. The molecule has 0 amide bonds. The average Bonchev–Trinajstić information content (AvgIpc) is 2.41. The number of nitrogens with zero attached hydrogens (tertiary/aromatic N) is 1. The van der Waals surface area contributed by atoms with Gasteiger partial charge in [0.25, 0.3) is 0 Å². The van der Waals surface area contributed by atoms with Gasteiger partial charge in [0.1, 0.15) is 0 Å². The molecule has 0 saturated heterocycles. The van der Waals surface area contributed by atoms with Crippen molar-refractivity contribution in [3.63, 3.8) is 0 Å². The van der Waals surface area contributed by atoms with Crippen LogP contribution >= 0.6 is 15.9 Å². The second-order valence-electron chi connectivity index (χ2n) is 4.67. The lowest BCUT2D eigenvalue weighted by molar-refractivity contribution is 0.869. The predicted molar refractivity (Wildman–Crippen MR) is 82.7 cm³/mol. The number of hydrogen-bond acceptors (Lipinski definition) is 2. The molecule has 0 aliphatic heterocycles. The molecule has 0 spiro atoms. The summed E-state index contributed by atoms with van der Waals surface area (Å²) in [6.07, 6.45) is 0. The first-order valence-electron chi connectivity index (χ1n) is 6.17. The molecule has 2 rings (SSSR count). The molecule has 0 aliphatic rings. The lowest BCUT2D eigenvalue weighted by Gasteiger charge is -2.15. The number of halogens is 1. The summed E-state index contributed by atoms with van der Waals surface area (Å²) in [7, 11) is 0. The molecule has 2 nitrogen and oxygen atoms in total. The van der Waals surface area contributed by atoms with Gasteiger partial charge in [0.05, 0.1) is 17.3 Å². The Bertz CT molecular complexity index is 627. The first-order chi connectivity index (χ1) is 9.11. The fourth-order valence-corrected chi connectivity index (χ4v) is 2.42. The molecule has 0 saturated carbocycles. The molecule has 0 atom stereocenters. The molecule has 0 radical (unpaired) electrons. The van der Waals surface area contributed by atoms with E-state index < -0.39 is 0 Å². The van der Waals surface area contributed by atoms with Gasteiger partial charge in [-0.1, -0.05) is 32.0 Å². The van der Waals surface area contributed by atoms with Crippen LogP contribution in [0.3, 0.4) is 0 Å². The minimum absolute atomic E-state index is 0.459. The minimum atomic E-state index is 0.459. The summed E-state index contributed by atoms with van der Waals surface area (Å²) in [6, 6.07) is 15.9. The van der Waals surface area contributed by atoms with Gasteiger partial charge in [-0.3, -0.25) is 0 Å². The van der Waals surface area contributed by atoms with Crippen molar-refractivity contribution in [2.45, 2.75) is 19.8 Å². The minimum Gasteiger partial charge on any atom is -0.354 e. The monoisotopic (exact) mass is 314 g/mol. The Morgan fingerprint density at radius 3 is 2.47 bits per heavy atom. The van der Waals surface area contributed by atoms with Crippen molar-refractivity contribution in [3.8, 4) is 6.07 Å². The third-order valence-electron chi connectivity index (χ3n) is 2.95. The van der Waals surface area contributed by atoms with Gasteiger partial charge < -0.3 is 5.32 Å². The molecule has 2 aromatic carbocycles. The largest absolute Gasteiger partial charge is 0.354 e. The van der Waals surface area contributed by atoms with E-state index in [0.29, 0.717) is 11.5 Å². The number of nitrogens with one attached hydrogen (secondary N) is 1. The third-order valence-corrected chi connectivity index (χ3v) is 3.61. The average molecular weight is 315 g/mol. The lowest BCUT2D eigenvalue weighted by Crippen LogP contribution is -1.98. The van der Waals surface area contributed by atoms with Gasteiger partial charge in [-0.25, -0.2) is 0 Å². The molecule has 0 aliphatic carbocycles. The molecule has 0 unspecified atom stereocenters. The molecule has 0 fully saturated rings. The van der Waals surface area contributed by atoms with Gasteiger partial charge in [0.2, 0.25) is 0 Å². The van der Waals surface area contributed by atoms with Crippen LogP contribution < -0.4 is 5.32 Å². The zero-order chi connectivity index (χ0) is 13.8. The van der Waals surface area contributed by atoms with Gasteiger partial charge >= 0.3 is 0 Å². The van der Waals surface area contributed by atoms with E-state index in [1.807, 2.05) is 30.3 Å². The highest BCUT2D eigenvalue weighted by Gasteiger charge is 2.07. The first kappa shape index (κ1) is 13.6. The molecule has 19 heavy (non-hydrogen) atoms. The fraction of sp³-hybridized carbons (Fsp3) is 0.188. The summed E-state index contributed by atoms with van der Waals surface area (Å²) in [4.78, 5) is 0. The van der Waals surface area contributed by atoms with E-state index in [1.165, 1.54) is 5.56 Å². The number of benzene rings is 2. The fourth-order valence-electron chi connectivity index (χ4n) is 1.95. The summed E-state index contributed by atoms with van der Waals surface area (Å²) >= 11 is 3.49. The maximum Gasteiger partial charge on any atom is 0.0992 e. The van der Waals surface area contributed by atoms with Crippen molar-refractivity contribution < 1.29 is 0 Å². The van der Waals surface area contributed by atoms with Crippen molar-refractivity contribution in [1.29, 1.82) is 5.26 Å². The number of para-hydroxylation sites is 1. The van der Waals surface area contributed by atoms with E-state index in [-0.39, 0.29) is 0 Å². The molecule has 3 heteroatoms. The van der Waals surface area contributed by atoms with Gasteiger partial charge in [-0.05, 0) is 51.7 Å². The molecule has 96 valence electrons. The van der Waals surface area contributed by atoms with E-state index in [4.69, 9.17) is 5.26 Å². The van der Waals surface area contributed by atoms with Gasteiger partial charge in [0.15, 0.2) is 0 Å². The Hall–Kier alpha value is -1.79. The van der Waals surface area contributed by atoms with Crippen molar-refractivity contribution in [2.75, 3.05) is 5.32 Å². The normalized spacial score (nSPS) is 10.3. The van der Waals surface area contributed by atoms with Crippen LogP contribution in [0.4, 0.5) is 11.4 Å². The predicted octanol–water partition coefficient (Wildman–Crippen LogP) is 5.19. The third kappa shape index (κ3) is 3.15. The Morgan fingerprint density at radius 2 is 1.84 bits per heavy atom. The summed E-state index contributed by atoms with van der Waals surface area (Å²) in [6.45, 7) is 4.35. The highest BCUT2D eigenvalue weighted by atomic mass is 79.9. The topological polar surface area (TPSA) is 35.8 Å². The second kappa shape index (κ2) is 5.90. The standard InChI is InChI=1S/C16H15BrN2/c1-11(2)13-5-3-4-6-15(13)19-16-8-7-12(10-18)9-14(16)17/h3-9,11,19H,1-2H3. The summed E-state index contributed by atoms with van der Waals surface area (Å²) < 4.78 is 0.894. The highest BCUT2D eigenvalue weighted by Crippen LogP contribution is 2.31. The van der Waals surface area contributed by atoms with Crippen LogP contribution in [0.1, 0.15) is 30.9 Å². The van der Waals surface area contributed by atoms with E-state index in [2.05, 4.69) is 53.3 Å². The van der Waals surface area contributed by atoms with Crippen LogP contribution in [0, 0.1) is 11.3 Å². The second-order valence-corrected chi connectivity index (χ2v) is 5.53. The van der Waals surface area contributed by atoms with Crippen LogP contribution in [-0.4, -0.2) is 0 Å². The quantitative estimate of drug-likeness (QED) is 0.846. The molecular formula is C16H15BrN2. The Morgan fingerprint density at radius 1 is 1.11 bits per heavy atom. The first-order valence-corrected chi connectivity index (χ1v) is 6.96. The molecule has 0 aromatic heterocycles. The maximum absolute atomic E-state index is 8.87. The van der Waals surface area contributed by atoms with Crippen LogP contribution in [-0.2, 0) is 0 Å². The molecule has 0 bridgehead atoms. The Labute approximate surface area is 122 Å². The SMILES string of the molecule is CC(C)c1ccccc1Nc1ccc(C#N)cc1Br. The van der Waals surface area contributed by atoms with E-state index in [9.17, 15) is 0 Å². The van der Waals surface area contributed by atoms with Gasteiger partial charge in [-0.2, -0.15) is 5.26 Å². The number of anilines is 2. The molecule has 2 aromatic rings. The van der Waals surface area contributed by atoms with Crippen molar-refractivity contribution in [3.05, 3.63) is 58.1 Å². The highest BCUT2D eigenvalue weighted by molar-refractivity contribution is 9.10. The lowest BCUT2D eigenvalue weighted by atomic mass is 10.0. The zero-order valence-electron chi connectivity index (χ0n) is 10.9. The summed E-state index contributed by atoms with van der Waals surface area (Å²) in [5.41, 5.74) is 3.99. The van der Waals surface area contributed by atoms with Crippen LogP contribution in [0.2, 0.25) is 0 Å². The van der Waals surface area contributed by atoms with Crippen LogP contribution in [0.15, 0.2) is 46.9 Å². The number of rotatable bonds is 3. The Balaban J connectivity index is 2.34. The maximum atomic E-state index is 8.87.